The van der Waals surface area contributed by atoms with Gasteiger partial charge in [0.1, 0.15) is 0 Å². The van der Waals surface area contributed by atoms with E-state index >= 15 is 0 Å². The van der Waals surface area contributed by atoms with Gasteiger partial charge in [-0.3, -0.25) is 9.52 Å². The van der Waals surface area contributed by atoms with E-state index in [0.717, 1.165) is 10.0 Å². The second-order valence-corrected chi connectivity index (χ2v) is 8.47. The Morgan fingerprint density at radius 1 is 0.926 bits per heavy atom. The van der Waals surface area contributed by atoms with E-state index in [2.05, 4.69) is 26.0 Å². The molecule has 138 valence electrons. The molecule has 3 aromatic rings. The standard InChI is InChI=1S/C20H17BrN2O3S/c1-14-9-11-17(12-10-14)27(25,26)23-16-6-4-5-15(13-16)20(24)22-19-8-3-2-7-18(19)21/h2-13,23H,1H3,(H,22,24). The summed E-state index contributed by atoms with van der Waals surface area (Å²) in [6.07, 6.45) is 0. The van der Waals surface area contributed by atoms with Crippen LogP contribution >= 0.6 is 15.9 Å². The molecular weight excluding hydrogens is 428 g/mol. The number of rotatable bonds is 5. The number of benzene rings is 3. The molecular formula is C20H17BrN2O3S. The molecule has 0 aliphatic rings. The van der Waals surface area contributed by atoms with Gasteiger partial charge < -0.3 is 5.32 Å². The Bertz CT molecular complexity index is 1080. The van der Waals surface area contributed by atoms with Gasteiger partial charge in [0.15, 0.2) is 0 Å². The fourth-order valence-corrected chi connectivity index (χ4v) is 3.85. The van der Waals surface area contributed by atoms with Crippen molar-refractivity contribution in [3.8, 4) is 0 Å². The Labute approximate surface area is 166 Å². The average Bonchev–Trinajstić information content (AvgIpc) is 2.64. The van der Waals surface area contributed by atoms with Crippen LogP contribution in [-0.2, 0) is 10.0 Å². The molecule has 3 aromatic carbocycles. The SMILES string of the molecule is Cc1ccc(S(=O)(=O)Nc2cccc(C(=O)Nc3ccccc3Br)c2)cc1. The summed E-state index contributed by atoms with van der Waals surface area (Å²) in [5.74, 6) is -0.335. The van der Waals surface area contributed by atoms with Crippen molar-refractivity contribution < 1.29 is 13.2 Å². The number of anilines is 2. The van der Waals surface area contributed by atoms with Crippen molar-refractivity contribution >= 4 is 43.2 Å². The first-order chi connectivity index (χ1) is 12.8. The van der Waals surface area contributed by atoms with E-state index < -0.39 is 10.0 Å². The summed E-state index contributed by atoms with van der Waals surface area (Å²) < 4.78 is 28.3. The molecule has 7 heteroatoms. The maximum absolute atomic E-state index is 12.5. The van der Waals surface area contributed by atoms with Gasteiger partial charge in [-0.25, -0.2) is 8.42 Å². The van der Waals surface area contributed by atoms with Crippen molar-refractivity contribution in [1.29, 1.82) is 0 Å². The molecule has 0 heterocycles. The molecule has 0 atom stereocenters. The van der Waals surface area contributed by atoms with Gasteiger partial charge in [-0.2, -0.15) is 0 Å². The number of nitrogens with one attached hydrogen (secondary N) is 2. The summed E-state index contributed by atoms with van der Waals surface area (Å²) in [5, 5.41) is 2.79. The highest BCUT2D eigenvalue weighted by Crippen LogP contribution is 2.23. The second-order valence-electron chi connectivity index (χ2n) is 5.93. The molecule has 0 bridgehead atoms. The molecule has 2 N–H and O–H groups in total. The van der Waals surface area contributed by atoms with Crippen molar-refractivity contribution in [2.24, 2.45) is 0 Å². The zero-order chi connectivity index (χ0) is 19.4. The molecule has 0 radical (unpaired) electrons. The predicted octanol–water partition coefficient (Wildman–Crippen LogP) is 4.81. The van der Waals surface area contributed by atoms with Gasteiger partial charge in [0.25, 0.3) is 15.9 Å². The van der Waals surface area contributed by atoms with Crippen LogP contribution in [0.3, 0.4) is 0 Å². The molecule has 0 spiro atoms. The van der Waals surface area contributed by atoms with Crippen LogP contribution in [0.1, 0.15) is 15.9 Å². The predicted molar refractivity (Wildman–Crippen MR) is 111 cm³/mol. The zero-order valence-corrected chi connectivity index (χ0v) is 16.8. The number of hydrogen-bond donors (Lipinski definition) is 2. The highest BCUT2D eigenvalue weighted by molar-refractivity contribution is 9.10. The topological polar surface area (TPSA) is 75.3 Å². The number of hydrogen-bond acceptors (Lipinski definition) is 3. The third-order valence-corrected chi connectivity index (χ3v) is 5.92. The van der Waals surface area contributed by atoms with Crippen molar-refractivity contribution in [2.45, 2.75) is 11.8 Å². The quantitative estimate of drug-likeness (QED) is 0.592. The fraction of sp³-hybridized carbons (Fsp3) is 0.0500. The first-order valence-electron chi connectivity index (χ1n) is 8.10. The lowest BCUT2D eigenvalue weighted by Crippen LogP contribution is -2.15. The summed E-state index contributed by atoms with van der Waals surface area (Å²) in [4.78, 5) is 12.6. The molecule has 0 fully saturated rings. The number of aryl methyl sites for hydroxylation is 1. The second kappa shape index (κ2) is 7.94. The maximum Gasteiger partial charge on any atom is 0.261 e. The van der Waals surface area contributed by atoms with Crippen LogP contribution in [0.5, 0.6) is 0 Å². The van der Waals surface area contributed by atoms with E-state index in [9.17, 15) is 13.2 Å². The molecule has 0 saturated carbocycles. The van der Waals surface area contributed by atoms with Crippen LogP contribution in [0.15, 0.2) is 82.2 Å². The Morgan fingerprint density at radius 2 is 1.63 bits per heavy atom. The van der Waals surface area contributed by atoms with E-state index in [1.54, 1.807) is 48.5 Å². The van der Waals surface area contributed by atoms with Gasteiger partial charge in [0.05, 0.1) is 10.6 Å². The number of halogens is 1. The Balaban J connectivity index is 1.80. The lowest BCUT2D eigenvalue weighted by molar-refractivity contribution is 0.102. The molecule has 0 aliphatic heterocycles. The molecule has 0 unspecified atom stereocenters. The number of carbonyl (C=O) groups excluding carboxylic acids is 1. The molecule has 3 rings (SSSR count). The monoisotopic (exact) mass is 444 g/mol. The Kier molecular flexibility index (Phi) is 5.62. The van der Waals surface area contributed by atoms with Crippen molar-refractivity contribution in [2.75, 3.05) is 10.0 Å². The minimum Gasteiger partial charge on any atom is -0.321 e. The highest BCUT2D eigenvalue weighted by atomic mass is 79.9. The fourth-order valence-electron chi connectivity index (χ4n) is 2.41. The minimum absolute atomic E-state index is 0.163. The van der Waals surface area contributed by atoms with Gasteiger partial charge in [0, 0.05) is 15.7 Å². The van der Waals surface area contributed by atoms with Gasteiger partial charge >= 0.3 is 0 Å². The summed E-state index contributed by atoms with van der Waals surface area (Å²) in [5.41, 5.74) is 2.26. The van der Waals surface area contributed by atoms with E-state index in [-0.39, 0.29) is 10.8 Å². The van der Waals surface area contributed by atoms with Crippen molar-refractivity contribution in [1.82, 2.24) is 0 Å². The molecule has 27 heavy (non-hydrogen) atoms. The third kappa shape index (κ3) is 4.75. The van der Waals surface area contributed by atoms with E-state index in [0.29, 0.717) is 16.9 Å². The first-order valence-corrected chi connectivity index (χ1v) is 10.4. The molecule has 0 aromatic heterocycles. The molecule has 1 amide bonds. The maximum atomic E-state index is 12.5. The highest BCUT2D eigenvalue weighted by Gasteiger charge is 2.15. The number of amides is 1. The molecule has 0 saturated heterocycles. The van der Waals surface area contributed by atoms with Crippen LogP contribution < -0.4 is 10.0 Å². The largest absolute Gasteiger partial charge is 0.321 e. The Morgan fingerprint density at radius 3 is 2.33 bits per heavy atom. The Hall–Kier alpha value is -2.64. The normalized spacial score (nSPS) is 11.0. The number of sulfonamides is 1. The van der Waals surface area contributed by atoms with E-state index in [1.807, 2.05) is 25.1 Å². The molecule has 5 nitrogen and oxygen atoms in total. The summed E-state index contributed by atoms with van der Waals surface area (Å²) in [6.45, 7) is 1.89. The first kappa shape index (κ1) is 19.1. The van der Waals surface area contributed by atoms with Gasteiger partial charge in [-0.05, 0) is 65.3 Å². The molecule has 0 aliphatic carbocycles. The minimum atomic E-state index is -3.73. The van der Waals surface area contributed by atoms with Crippen LogP contribution in [0.2, 0.25) is 0 Å². The summed E-state index contributed by atoms with van der Waals surface area (Å²) >= 11 is 3.38. The third-order valence-electron chi connectivity index (χ3n) is 3.83. The van der Waals surface area contributed by atoms with Crippen molar-refractivity contribution in [3.05, 3.63) is 88.4 Å². The summed E-state index contributed by atoms with van der Waals surface area (Å²) in [7, 11) is -3.73. The summed E-state index contributed by atoms with van der Waals surface area (Å²) in [6, 6.07) is 20.1. The van der Waals surface area contributed by atoms with Gasteiger partial charge in [-0.1, -0.05) is 35.9 Å². The van der Waals surface area contributed by atoms with Gasteiger partial charge in [0.2, 0.25) is 0 Å². The lowest BCUT2D eigenvalue weighted by Gasteiger charge is -2.11. The van der Waals surface area contributed by atoms with Crippen LogP contribution in [0, 0.1) is 6.92 Å². The van der Waals surface area contributed by atoms with Gasteiger partial charge in [-0.15, -0.1) is 0 Å². The van der Waals surface area contributed by atoms with Crippen LogP contribution in [-0.4, -0.2) is 14.3 Å². The number of carbonyl (C=O) groups is 1. The smallest absolute Gasteiger partial charge is 0.261 e. The van der Waals surface area contributed by atoms with E-state index in [1.165, 1.54) is 6.07 Å². The zero-order valence-electron chi connectivity index (χ0n) is 14.4. The van der Waals surface area contributed by atoms with Crippen molar-refractivity contribution in [3.63, 3.8) is 0 Å². The lowest BCUT2D eigenvalue weighted by atomic mass is 10.2. The van der Waals surface area contributed by atoms with Crippen LogP contribution in [0.4, 0.5) is 11.4 Å². The van der Waals surface area contributed by atoms with Crippen LogP contribution in [0.25, 0.3) is 0 Å². The number of para-hydroxylation sites is 1. The van der Waals surface area contributed by atoms with E-state index in [4.69, 9.17) is 0 Å². The average molecular weight is 445 g/mol.